The summed E-state index contributed by atoms with van der Waals surface area (Å²) in [4.78, 5) is 2.64. The van der Waals surface area contributed by atoms with Crippen LogP contribution in [0.5, 0.6) is 5.75 Å². The van der Waals surface area contributed by atoms with Crippen LogP contribution in [0.3, 0.4) is 0 Å². The van der Waals surface area contributed by atoms with E-state index in [1.807, 2.05) is 0 Å². The van der Waals surface area contributed by atoms with Crippen LogP contribution in [0, 0.1) is 5.92 Å². The first-order chi connectivity index (χ1) is 9.60. The van der Waals surface area contributed by atoms with Crippen LogP contribution in [-0.2, 0) is 6.42 Å². The standard InChI is InChI=1S/C17H26N2O/c1-11-6-7-19(12(2)8-11)16-9-13-4-5-14(20-3)10-15(13)17(16)18/h4-5,10-12,16-17H,6-9,18H2,1-3H3. The van der Waals surface area contributed by atoms with E-state index in [1.165, 1.54) is 30.5 Å². The second-order valence-corrected chi connectivity index (χ2v) is 6.58. The first-order valence-electron chi connectivity index (χ1n) is 7.78. The number of methoxy groups -OCH3 is 1. The number of benzene rings is 1. The molecule has 0 aromatic heterocycles. The smallest absolute Gasteiger partial charge is 0.119 e. The van der Waals surface area contributed by atoms with Gasteiger partial charge in [-0.05, 0) is 61.9 Å². The third kappa shape index (κ3) is 2.33. The van der Waals surface area contributed by atoms with Gasteiger partial charge in [0, 0.05) is 18.1 Å². The SMILES string of the molecule is COc1ccc2c(c1)C(N)C(N1CCC(C)CC1C)C2. The molecule has 3 rings (SSSR count). The Hall–Kier alpha value is -1.06. The van der Waals surface area contributed by atoms with Crippen molar-refractivity contribution in [2.24, 2.45) is 11.7 Å². The van der Waals surface area contributed by atoms with Crippen molar-refractivity contribution in [1.82, 2.24) is 4.90 Å². The van der Waals surface area contributed by atoms with E-state index < -0.39 is 0 Å². The molecule has 0 amide bonds. The number of likely N-dealkylation sites (tertiary alicyclic amines) is 1. The molecule has 2 N–H and O–H groups in total. The van der Waals surface area contributed by atoms with Gasteiger partial charge in [-0.1, -0.05) is 13.0 Å². The zero-order valence-corrected chi connectivity index (χ0v) is 12.8. The third-order valence-electron chi connectivity index (χ3n) is 5.17. The van der Waals surface area contributed by atoms with Crippen LogP contribution in [-0.4, -0.2) is 30.6 Å². The van der Waals surface area contributed by atoms with Gasteiger partial charge in [0.25, 0.3) is 0 Å². The van der Waals surface area contributed by atoms with Crippen molar-refractivity contribution >= 4 is 0 Å². The van der Waals surface area contributed by atoms with Crippen LogP contribution in [0.2, 0.25) is 0 Å². The van der Waals surface area contributed by atoms with Crippen molar-refractivity contribution in [2.45, 2.75) is 51.2 Å². The third-order valence-corrected chi connectivity index (χ3v) is 5.17. The van der Waals surface area contributed by atoms with Crippen LogP contribution in [0.4, 0.5) is 0 Å². The molecule has 1 aliphatic carbocycles. The fourth-order valence-electron chi connectivity index (χ4n) is 4.00. The predicted octanol–water partition coefficient (Wildman–Crippen LogP) is 2.74. The van der Waals surface area contributed by atoms with Crippen molar-refractivity contribution in [2.75, 3.05) is 13.7 Å². The molecule has 1 heterocycles. The molecular weight excluding hydrogens is 248 g/mol. The molecule has 1 aromatic rings. The van der Waals surface area contributed by atoms with Crippen LogP contribution < -0.4 is 10.5 Å². The highest BCUT2D eigenvalue weighted by atomic mass is 16.5. The molecule has 1 saturated heterocycles. The minimum Gasteiger partial charge on any atom is -0.497 e. The molecular formula is C17H26N2O. The summed E-state index contributed by atoms with van der Waals surface area (Å²) in [5.74, 6) is 1.77. The Balaban J connectivity index is 1.81. The van der Waals surface area contributed by atoms with Crippen molar-refractivity contribution in [3.05, 3.63) is 29.3 Å². The summed E-state index contributed by atoms with van der Waals surface area (Å²) in [6.45, 7) is 5.90. The summed E-state index contributed by atoms with van der Waals surface area (Å²) in [5, 5.41) is 0. The van der Waals surface area contributed by atoms with Gasteiger partial charge in [-0.25, -0.2) is 0 Å². The number of hydrogen-bond acceptors (Lipinski definition) is 3. The summed E-state index contributed by atoms with van der Waals surface area (Å²) < 4.78 is 5.33. The van der Waals surface area contributed by atoms with E-state index >= 15 is 0 Å². The number of rotatable bonds is 2. The van der Waals surface area contributed by atoms with Crippen LogP contribution in [0.25, 0.3) is 0 Å². The molecule has 1 aromatic carbocycles. The molecule has 3 nitrogen and oxygen atoms in total. The summed E-state index contributed by atoms with van der Waals surface area (Å²) in [6.07, 6.45) is 3.68. The number of hydrogen-bond donors (Lipinski definition) is 1. The molecule has 3 heteroatoms. The van der Waals surface area contributed by atoms with Gasteiger partial charge in [0.05, 0.1) is 7.11 Å². The Morgan fingerprint density at radius 2 is 2.10 bits per heavy atom. The Morgan fingerprint density at radius 1 is 1.30 bits per heavy atom. The highest BCUT2D eigenvalue weighted by Gasteiger charge is 2.37. The van der Waals surface area contributed by atoms with Gasteiger partial charge in [-0.3, -0.25) is 4.90 Å². The first kappa shape index (κ1) is 13.9. The lowest BCUT2D eigenvalue weighted by molar-refractivity contribution is 0.0741. The van der Waals surface area contributed by atoms with E-state index in [0.29, 0.717) is 12.1 Å². The highest BCUT2D eigenvalue weighted by Crippen LogP contribution is 2.38. The van der Waals surface area contributed by atoms with Gasteiger partial charge in [0.1, 0.15) is 5.75 Å². The molecule has 4 atom stereocenters. The quantitative estimate of drug-likeness (QED) is 0.901. The molecule has 20 heavy (non-hydrogen) atoms. The van der Waals surface area contributed by atoms with E-state index in [-0.39, 0.29) is 6.04 Å². The Morgan fingerprint density at radius 3 is 2.80 bits per heavy atom. The van der Waals surface area contributed by atoms with E-state index in [1.54, 1.807) is 7.11 Å². The normalized spacial score (nSPS) is 34.0. The lowest BCUT2D eigenvalue weighted by Gasteiger charge is -2.42. The Bertz CT molecular complexity index is 488. The summed E-state index contributed by atoms with van der Waals surface area (Å²) in [6, 6.07) is 7.58. The van der Waals surface area contributed by atoms with Gasteiger partial charge in [-0.2, -0.15) is 0 Å². The van der Waals surface area contributed by atoms with Crippen LogP contribution in [0.15, 0.2) is 18.2 Å². The molecule has 0 radical (unpaired) electrons. The molecule has 0 spiro atoms. The van der Waals surface area contributed by atoms with Crippen molar-refractivity contribution in [3.63, 3.8) is 0 Å². The summed E-state index contributed by atoms with van der Waals surface area (Å²) in [5.41, 5.74) is 9.22. The van der Waals surface area contributed by atoms with E-state index in [9.17, 15) is 0 Å². The molecule has 0 saturated carbocycles. The number of piperidine rings is 1. The van der Waals surface area contributed by atoms with Crippen LogP contribution in [0.1, 0.15) is 43.9 Å². The molecule has 1 aliphatic heterocycles. The maximum atomic E-state index is 6.54. The molecule has 110 valence electrons. The van der Waals surface area contributed by atoms with Crippen molar-refractivity contribution in [3.8, 4) is 5.75 Å². The highest BCUT2D eigenvalue weighted by molar-refractivity contribution is 5.42. The second kappa shape index (κ2) is 5.38. The molecule has 0 bridgehead atoms. The summed E-state index contributed by atoms with van der Waals surface area (Å²) >= 11 is 0. The predicted molar refractivity (Wildman–Crippen MR) is 82.0 cm³/mol. The Kier molecular flexibility index (Phi) is 3.74. The van der Waals surface area contributed by atoms with Crippen molar-refractivity contribution < 1.29 is 4.74 Å². The van der Waals surface area contributed by atoms with Gasteiger partial charge < -0.3 is 10.5 Å². The van der Waals surface area contributed by atoms with E-state index in [2.05, 4.69) is 36.9 Å². The monoisotopic (exact) mass is 274 g/mol. The number of nitrogens with zero attached hydrogens (tertiary/aromatic N) is 1. The zero-order chi connectivity index (χ0) is 14.3. The first-order valence-corrected chi connectivity index (χ1v) is 7.78. The molecule has 4 unspecified atom stereocenters. The average Bonchev–Trinajstić information content (AvgIpc) is 2.76. The number of fused-ring (bicyclic) bond motifs is 1. The minimum atomic E-state index is 0.121. The molecule has 2 aliphatic rings. The number of ether oxygens (including phenoxy) is 1. The summed E-state index contributed by atoms with van der Waals surface area (Å²) in [7, 11) is 1.72. The van der Waals surface area contributed by atoms with Gasteiger partial charge in [0.2, 0.25) is 0 Å². The van der Waals surface area contributed by atoms with E-state index in [0.717, 1.165) is 18.1 Å². The topological polar surface area (TPSA) is 38.5 Å². The average molecular weight is 274 g/mol. The van der Waals surface area contributed by atoms with Crippen molar-refractivity contribution in [1.29, 1.82) is 0 Å². The maximum Gasteiger partial charge on any atom is 0.119 e. The zero-order valence-electron chi connectivity index (χ0n) is 12.8. The fraction of sp³-hybridized carbons (Fsp3) is 0.647. The van der Waals surface area contributed by atoms with Crippen LogP contribution >= 0.6 is 0 Å². The fourth-order valence-corrected chi connectivity index (χ4v) is 4.00. The lowest BCUT2D eigenvalue weighted by Crippen LogP contribution is -2.49. The minimum absolute atomic E-state index is 0.121. The lowest BCUT2D eigenvalue weighted by atomic mass is 9.91. The van der Waals surface area contributed by atoms with E-state index in [4.69, 9.17) is 10.5 Å². The Labute approximate surface area is 122 Å². The molecule has 1 fully saturated rings. The van der Waals surface area contributed by atoms with Gasteiger partial charge >= 0.3 is 0 Å². The number of nitrogens with two attached hydrogens (primary N) is 1. The van der Waals surface area contributed by atoms with Gasteiger partial charge in [-0.15, -0.1) is 0 Å². The maximum absolute atomic E-state index is 6.54. The largest absolute Gasteiger partial charge is 0.497 e. The second-order valence-electron chi connectivity index (χ2n) is 6.58. The van der Waals surface area contributed by atoms with Gasteiger partial charge in [0.15, 0.2) is 0 Å².